The van der Waals surface area contributed by atoms with E-state index in [9.17, 15) is 14.5 Å². The summed E-state index contributed by atoms with van der Waals surface area (Å²) in [5, 5.41) is 7.54. The number of aryl methyl sites for hydroxylation is 1. The number of halogens is 2. The SMILES string of the molecule is Cc1coc2c(C(=O)N(N)CCCN=O)c(Nc3ccc(I)cc3Cl)n(C)c(=O)c12. The summed E-state index contributed by atoms with van der Waals surface area (Å²) >= 11 is 8.47. The Kier molecular flexibility index (Phi) is 6.78. The number of nitroso groups, excluding NO2 is 1. The first-order chi connectivity index (χ1) is 14.3. The molecule has 0 aliphatic rings. The maximum Gasteiger partial charge on any atom is 0.275 e. The largest absolute Gasteiger partial charge is 0.463 e. The van der Waals surface area contributed by atoms with Crippen molar-refractivity contribution in [2.24, 2.45) is 18.1 Å². The Morgan fingerprint density at radius 1 is 1.43 bits per heavy atom. The number of hydrogen-bond acceptors (Lipinski definition) is 7. The number of furan rings is 1. The number of hydrazine groups is 1. The first-order valence-electron chi connectivity index (χ1n) is 8.94. The van der Waals surface area contributed by atoms with E-state index in [1.165, 1.54) is 10.8 Å². The van der Waals surface area contributed by atoms with Crippen LogP contribution in [0.5, 0.6) is 0 Å². The highest BCUT2D eigenvalue weighted by Crippen LogP contribution is 2.32. The number of nitrogens with one attached hydrogen (secondary N) is 1. The first-order valence-corrected chi connectivity index (χ1v) is 10.4. The molecule has 3 N–H and O–H groups in total. The quantitative estimate of drug-likeness (QED) is 0.116. The summed E-state index contributed by atoms with van der Waals surface area (Å²) in [6.07, 6.45) is 1.73. The highest BCUT2D eigenvalue weighted by molar-refractivity contribution is 14.1. The molecule has 0 saturated carbocycles. The Morgan fingerprint density at radius 3 is 2.83 bits per heavy atom. The van der Waals surface area contributed by atoms with Crippen molar-refractivity contribution in [3.05, 3.63) is 59.4 Å². The molecule has 1 amide bonds. The lowest BCUT2D eigenvalue weighted by Crippen LogP contribution is -2.39. The minimum absolute atomic E-state index is 0.0346. The average Bonchev–Trinajstić information content (AvgIpc) is 3.09. The number of hydrogen-bond donors (Lipinski definition) is 2. The predicted molar refractivity (Wildman–Crippen MR) is 124 cm³/mol. The van der Waals surface area contributed by atoms with Crippen molar-refractivity contribution in [1.29, 1.82) is 0 Å². The molecular formula is C19H19ClIN5O4. The van der Waals surface area contributed by atoms with Crippen molar-refractivity contribution in [3.63, 3.8) is 0 Å². The Balaban J connectivity index is 2.18. The maximum absolute atomic E-state index is 13.2. The number of rotatable bonds is 7. The van der Waals surface area contributed by atoms with E-state index in [1.54, 1.807) is 26.1 Å². The molecule has 0 unspecified atom stereocenters. The molecule has 0 radical (unpaired) electrons. The van der Waals surface area contributed by atoms with Crippen molar-refractivity contribution >= 4 is 62.6 Å². The van der Waals surface area contributed by atoms with Gasteiger partial charge in [-0.25, -0.2) is 5.84 Å². The molecular weight excluding hydrogens is 525 g/mol. The van der Waals surface area contributed by atoms with Gasteiger partial charge in [-0.05, 0) is 54.1 Å². The van der Waals surface area contributed by atoms with Crippen LogP contribution in [0.15, 0.2) is 38.9 Å². The van der Waals surface area contributed by atoms with Crippen molar-refractivity contribution in [2.45, 2.75) is 13.3 Å². The third-order valence-corrected chi connectivity index (χ3v) is 5.58. The van der Waals surface area contributed by atoms with Gasteiger partial charge in [0.15, 0.2) is 5.58 Å². The van der Waals surface area contributed by atoms with Crippen LogP contribution in [0.1, 0.15) is 22.3 Å². The molecule has 0 aliphatic carbocycles. The number of pyridine rings is 1. The van der Waals surface area contributed by atoms with E-state index in [0.29, 0.717) is 28.1 Å². The fraction of sp³-hybridized carbons (Fsp3) is 0.263. The number of anilines is 2. The van der Waals surface area contributed by atoms with Gasteiger partial charge in [0.1, 0.15) is 11.4 Å². The molecule has 30 heavy (non-hydrogen) atoms. The minimum Gasteiger partial charge on any atom is -0.463 e. The summed E-state index contributed by atoms with van der Waals surface area (Å²) in [6.45, 7) is 1.87. The van der Waals surface area contributed by atoms with Crippen LogP contribution in [-0.2, 0) is 7.05 Å². The summed E-state index contributed by atoms with van der Waals surface area (Å²) in [5.74, 6) is 5.57. The van der Waals surface area contributed by atoms with Crippen molar-refractivity contribution in [2.75, 3.05) is 18.4 Å². The van der Waals surface area contributed by atoms with Gasteiger partial charge in [0, 0.05) is 22.7 Å². The van der Waals surface area contributed by atoms with Gasteiger partial charge < -0.3 is 9.73 Å². The molecule has 0 bridgehead atoms. The topological polar surface area (TPSA) is 123 Å². The van der Waals surface area contributed by atoms with E-state index in [1.807, 2.05) is 6.07 Å². The summed E-state index contributed by atoms with van der Waals surface area (Å²) in [6, 6.07) is 5.34. The van der Waals surface area contributed by atoms with E-state index < -0.39 is 5.91 Å². The summed E-state index contributed by atoms with van der Waals surface area (Å²) < 4.78 is 7.84. The molecule has 0 spiro atoms. The van der Waals surface area contributed by atoms with Crippen LogP contribution < -0.4 is 16.7 Å². The lowest BCUT2D eigenvalue weighted by atomic mass is 10.1. The van der Waals surface area contributed by atoms with E-state index in [4.69, 9.17) is 21.9 Å². The molecule has 3 aromatic rings. The van der Waals surface area contributed by atoms with Gasteiger partial charge in [-0.3, -0.25) is 19.2 Å². The normalized spacial score (nSPS) is 11.0. The van der Waals surface area contributed by atoms with E-state index >= 15 is 0 Å². The van der Waals surface area contributed by atoms with Crippen LogP contribution in [0.2, 0.25) is 5.02 Å². The Labute approximate surface area is 190 Å². The number of benzene rings is 1. The monoisotopic (exact) mass is 543 g/mol. The van der Waals surface area contributed by atoms with Crippen LogP contribution in [0.4, 0.5) is 11.5 Å². The number of nitrogens with two attached hydrogens (primary N) is 1. The second kappa shape index (κ2) is 9.14. The molecule has 158 valence electrons. The second-order valence-corrected chi connectivity index (χ2v) is 8.32. The molecule has 0 aliphatic heterocycles. The zero-order valence-electron chi connectivity index (χ0n) is 16.2. The first kappa shape index (κ1) is 22.2. The molecule has 11 heteroatoms. The highest BCUT2D eigenvalue weighted by Gasteiger charge is 2.27. The van der Waals surface area contributed by atoms with E-state index in [2.05, 4.69) is 33.1 Å². The van der Waals surface area contributed by atoms with Gasteiger partial charge in [0.25, 0.3) is 11.5 Å². The van der Waals surface area contributed by atoms with Gasteiger partial charge in [0.05, 0.1) is 28.9 Å². The molecule has 9 nitrogen and oxygen atoms in total. The third-order valence-electron chi connectivity index (χ3n) is 4.60. The second-order valence-electron chi connectivity index (χ2n) is 6.66. The molecule has 2 aromatic heterocycles. The summed E-state index contributed by atoms with van der Waals surface area (Å²) in [5.41, 5.74) is 1.01. The Hall–Kier alpha value is -2.44. The molecule has 0 saturated heterocycles. The summed E-state index contributed by atoms with van der Waals surface area (Å²) in [7, 11) is 1.55. The summed E-state index contributed by atoms with van der Waals surface area (Å²) in [4.78, 5) is 36.5. The van der Waals surface area contributed by atoms with Gasteiger partial charge in [0.2, 0.25) is 0 Å². The predicted octanol–water partition coefficient (Wildman–Crippen LogP) is 3.91. The number of carbonyl (C=O) groups is 1. The number of nitrogens with zero attached hydrogens (tertiary/aromatic N) is 3. The maximum atomic E-state index is 13.2. The Morgan fingerprint density at radius 2 is 2.17 bits per heavy atom. The zero-order valence-corrected chi connectivity index (χ0v) is 19.2. The van der Waals surface area contributed by atoms with Gasteiger partial charge >= 0.3 is 0 Å². The number of aromatic nitrogens is 1. The van der Waals surface area contributed by atoms with Crippen LogP contribution in [-0.4, -0.2) is 28.6 Å². The van der Waals surface area contributed by atoms with Gasteiger partial charge in [-0.2, -0.15) is 4.91 Å². The van der Waals surface area contributed by atoms with Crippen LogP contribution in [0.25, 0.3) is 11.0 Å². The standard InChI is InChI=1S/C19H19ClIN5O4/c1-10-9-30-16-14(10)18(27)25(2)17(24-13-5-4-11(21)8-12(13)20)15(16)19(28)26(22)7-3-6-23-29/h4-5,8-9,24H,3,6-7,22H2,1-2H3. The van der Waals surface area contributed by atoms with Gasteiger partial charge in [-0.1, -0.05) is 16.8 Å². The van der Waals surface area contributed by atoms with E-state index in [0.717, 1.165) is 8.58 Å². The molecule has 0 atom stereocenters. The molecule has 1 aromatic carbocycles. The fourth-order valence-electron chi connectivity index (χ4n) is 3.05. The molecule has 2 heterocycles. The smallest absolute Gasteiger partial charge is 0.275 e. The van der Waals surface area contributed by atoms with Gasteiger partial charge in [-0.15, -0.1) is 0 Å². The van der Waals surface area contributed by atoms with Crippen molar-refractivity contribution in [3.8, 4) is 0 Å². The lowest BCUT2D eigenvalue weighted by Gasteiger charge is -2.21. The van der Waals surface area contributed by atoms with Crippen molar-refractivity contribution in [1.82, 2.24) is 9.58 Å². The van der Waals surface area contributed by atoms with E-state index in [-0.39, 0.29) is 35.6 Å². The van der Waals surface area contributed by atoms with Crippen LogP contribution >= 0.6 is 34.2 Å². The molecule has 0 fully saturated rings. The number of fused-ring (bicyclic) bond motifs is 1. The number of amides is 1. The zero-order chi connectivity index (χ0) is 22.0. The third kappa shape index (κ3) is 4.20. The number of carbonyl (C=O) groups excluding carboxylic acids is 1. The average molecular weight is 544 g/mol. The fourth-order valence-corrected chi connectivity index (χ4v) is 3.96. The lowest BCUT2D eigenvalue weighted by molar-refractivity contribution is 0.0755. The minimum atomic E-state index is -0.569. The van der Waals surface area contributed by atoms with Crippen molar-refractivity contribution < 1.29 is 9.21 Å². The highest BCUT2D eigenvalue weighted by atomic mass is 127. The van der Waals surface area contributed by atoms with Crippen LogP contribution in [0.3, 0.4) is 0 Å². The molecule has 3 rings (SSSR count). The van der Waals surface area contributed by atoms with Crippen LogP contribution in [0, 0.1) is 15.4 Å². The Bertz CT molecular complexity index is 1190.